The average Bonchev–Trinajstić information content (AvgIpc) is 2.54. The minimum absolute atomic E-state index is 0.143. The number of hydrogen-bond acceptors (Lipinski definition) is 4. The third kappa shape index (κ3) is 4.61. The van der Waals surface area contributed by atoms with E-state index in [2.05, 4.69) is 12.2 Å². The maximum Gasteiger partial charge on any atom is 0.258 e. The fourth-order valence-corrected chi connectivity index (χ4v) is 2.88. The minimum atomic E-state index is -0.625. The second-order valence-corrected chi connectivity index (χ2v) is 5.95. The van der Waals surface area contributed by atoms with Crippen LogP contribution in [0.25, 0.3) is 0 Å². The van der Waals surface area contributed by atoms with Crippen molar-refractivity contribution in [1.29, 1.82) is 0 Å². The summed E-state index contributed by atoms with van der Waals surface area (Å²) in [5.74, 6) is 0.460. The summed E-state index contributed by atoms with van der Waals surface area (Å²) in [5.41, 5.74) is 5.53. The van der Waals surface area contributed by atoms with E-state index in [4.69, 9.17) is 15.2 Å². The lowest BCUT2D eigenvalue weighted by Crippen LogP contribution is -2.43. The zero-order valence-corrected chi connectivity index (χ0v) is 13.6. The van der Waals surface area contributed by atoms with Gasteiger partial charge >= 0.3 is 0 Å². The number of carbonyl (C=O) groups is 2. The number of rotatable bonds is 6. The highest BCUT2D eigenvalue weighted by molar-refractivity contribution is 5.96. The Morgan fingerprint density at radius 1 is 1.30 bits per heavy atom. The average molecular weight is 320 g/mol. The predicted molar refractivity (Wildman–Crippen MR) is 86.6 cm³/mol. The van der Waals surface area contributed by atoms with Crippen molar-refractivity contribution in [2.45, 2.75) is 38.6 Å². The van der Waals surface area contributed by atoms with Crippen LogP contribution < -0.4 is 20.5 Å². The largest absolute Gasteiger partial charge is 0.497 e. The smallest absolute Gasteiger partial charge is 0.258 e. The summed E-state index contributed by atoms with van der Waals surface area (Å²) in [7, 11) is 1.50. The lowest BCUT2D eigenvalue weighted by atomic mass is 9.86. The summed E-state index contributed by atoms with van der Waals surface area (Å²) in [4.78, 5) is 23.5. The Morgan fingerprint density at radius 3 is 2.70 bits per heavy atom. The Hall–Kier alpha value is -2.24. The summed E-state index contributed by atoms with van der Waals surface area (Å²) < 4.78 is 10.5. The van der Waals surface area contributed by atoms with Crippen molar-refractivity contribution < 1.29 is 19.1 Å². The van der Waals surface area contributed by atoms with E-state index in [1.807, 2.05) is 0 Å². The van der Waals surface area contributed by atoms with Gasteiger partial charge in [0.2, 0.25) is 0 Å². The highest BCUT2D eigenvalue weighted by atomic mass is 16.5. The zero-order valence-electron chi connectivity index (χ0n) is 13.6. The van der Waals surface area contributed by atoms with Gasteiger partial charge in [0.05, 0.1) is 12.7 Å². The molecule has 2 atom stereocenters. The van der Waals surface area contributed by atoms with Crippen molar-refractivity contribution in [2.75, 3.05) is 13.7 Å². The summed E-state index contributed by atoms with van der Waals surface area (Å²) in [6.45, 7) is 2.01. The van der Waals surface area contributed by atoms with Crippen molar-refractivity contribution in [3.05, 3.63) is 23.8 Å². The molecule has 0 bridgehead atoms. The van der Waals surface area contributed by atoms with E-state index >= 15 is 0 Å². The molecular formula is C17H24N2O4. The molecule has 2 unspecified atom stereocenters. The van der Waals surface area contributed by atoms with E-state index in [1.54, 1.807) is 12.1 Å². The zero-order chi connectivity index (χ0) is 16.8. The van der Waals surface area contributed by atoms with E-state index in [0.717, 1.165) is 19.3 Å². The molecule has 3 N–H and O–H groups in total. The predicted octanol–water partition coefficient (Wildman–Crippen LogP) is 1.87. The van der Waals surface area contributed by atoms with Gasteiger partial charge in [0.25, 0.3) is 11.8 Å². The molecule has 1 aromatic carbocycles. The van der Waals surface area contributed by atoms with Crippen LogP contribution in [0, 0.1) is 5.92 Å². The van der Waals surface area contributed by atoms with Crippen molar-refractivity contribution >= 4 is 11.8 Å². The number of ether oxygens (including phenoxy) is 2. The highest BCUT2D eigenvalue weighted by Crippen LogP contribution is 2.25. The van der Waals surface area contributed by atoms with Gasteiger partial charge in [-0.15, -0.1) is 0 Å². The molecule has 0 radical (unpaired) electrons. The first-order valence-electron chi connectivity index (χ1n) is 7.91. The lowest BCUT2D eigenvalue weighted by Gasteiger charge is -2.29. The third-order valence-corrected chi connectivity index (χ3v) is 4.27. The number of carbonyl (C=O) groups excluding carboxylic acids is 2. The monoisotopic (exact) mass is 320 g/mol. The summed E-state index contributed by atoms with van der Waals surface area (Å²) in [6.07, 6.45) is 4.50. The molecule has 2 amide bonds. The van der Waals surface area contributed by atoms with E-state index < -0.39 is 5.91 Å². The molecule has 0 saturated heterocycles. The Labute approximate surface area is 136 Å². The molecule has 1 fully saturated rings. The van der Waals surface area contributed by atoms with Crippen LogP contribution in [0.5, 0.6) is 11.5 Å². The van der Waals surface area contributed by atoms with Gasteiger partial charge < -0.3 is 20.5 Å². The number of nitrogens with two attached hydrogens (primary N) is 1. The van der Waals surface area contributed by atoms with Crippen molar-refractivity contribution in [1.82, 2.24) is 5.32 Å². The van der Waals surface area contributed by atoms with Gasteiger partial charge in [-0.25, -0.2) is 0 Å². The normalized spacial score (nSPS) is 20.6. The molecule has 6 heteroatoms. The van der Waals surface area contributed by atoms with Gasteiger partial charge in [-0.05, 0) is 37.0 Å². The minimum Gasteiger partial charge on any atom is -0.497 e. The molecule has 0 heterocycles. The molecule has 126 valence electrons. The first kappa shape index (κ1) is 17.1. The number of methoxy groups -OCH3 is 1. The molecule has 6 nitrogen and oxygen atoms in total. The van der Waals surface area contributed by atoms with Crippen LogP contribution in [0.4, 0.5) is 0 Å². The summed E-state index contributed by atoms with van der Waals surface area (Å²) in [5, 5.41) is 3.01. The molecule has 23 heavy (non-hydrogen) atoms. The first-order valence-corrected chi connectivity index (χ1v) is 7.91. The SMILES string of the molecule is COc1ccc(OCC(=O)NC2CCCCC2C)c(C(N)=O)c1. The van der Waals surface area contributed by atoms with Gasteiger partial charge in [0, 0.05) is 6.04 Å². The third-order valence-electron chi connectivity index (χ3n) is 4.27. The molecular weight excluding hydrogens is 296 g/mol. The fourth-order valence-electron chi connectivity index (χ4n) is 2.88. The molecule has 1 aromatic rings. The van der Waals surface area contributed by atoms with Crippen LogP contribution >= 0.6 is 0 Å². The molecule has 1 saturated carbocycles. The second kappa shape index (κ2) is 7.85. The number of amides is 2. The summed E-state index contributed by atoms with van der Waals surface area (Å²) >= 11 is 0. The molecule has 1 aliphatic rings. The van der Waals surface area contributed by atoms with Crippen molar-refractivity contribution in [2.24, 2.45) is 11.7 Å². The Balaban J connectivity index is 1.94. The number of primary amides is 1. The highest BCUT2D eigenvalue weighted by Gasteiger charge is 2.23. The van der Waals surface area contributed by atoms with Crippen LogP contribution in [0.2, 0.25) is 0 Å². The van der Waals surface area contributed by atoms with Crippen molar-refractivity contribution in [3.8, 4) is 11.5 Å². The number of nitrogens with one attached hydrogen (secondary N) is 1. The molecule has 2 rings (SSSR count). The van der Waals surface area contributed by atoms with Crippen LogP contribution in [0.3, 0.4) is 0 Å². The van der Waals surface area contributed by atoms with Crippen molar-refractivity contribution in [3.63, 3.8) is 0 Å². The molecule has 1 aliphatic carbocycles. The number of benzene rings is 1. The van der Waals surface area contributed by atoms with Crippen LogP contribution in [-0.2, 0) is 4.79 Å². The Bertz CT molecular complexity index is 574. The molecule has 0 spiro atoms. The standard InChI is InChI=1S/C17H24N2O4/c1-11-5-3-4-6-14(11)19-16(20)10-23-15-8-7-12(22-2)9-13(15)17(18)21/h7-9,11,14H,3-6,10H2,1-2H3,(H2,18,21)(H,19,20). The van der Waals surface area contributed by atoms with Crippen LogP contribution in [0.15, 0.2) is 18.2 Å². The van der Waals surface area contributed by atoms with Gasteiger partial charge in [-0.1, -0.05) is 19.8 Å². The van der Waals surface area contributed by atoms with Gasteiger partial charge in [-0.2, -0.15) is 0 Å². The lowest BCUT2D eigenvalue weighted by molar-refractivity contribution is -0.124. The van der Waals surface area contributed by atoms with Gasteiger partial charge in [-0.3, -0.25) is 9.59 Å². The molecule has 0 aromatic heterocycles. The van der Waals surface area contributed by atoms with Gasteiger partial charge in [0.15, 0.2) is 6.61 Å². The Morgan fingerprint density at radius 2 is 2.04 bits per heavy atom. The second-order valence-electron chi connectivity index (χ2n) is 5.95. The fraction of sp³-hybridized carbons (Fsp3) is 0.529. The first-order chi connectivity index (χ1) is 11.0. The number of hydrogen-bond donors (Lipinski definition) is 2. The van der Waals surface area contributed by atoms with Gasteiger partial charge in [0.1, 0.15) is 11.5 Å². The van der Waals surface area contributed by atoms with E-state index in [0.29, 0.717) is 11.7 Å². The maximum absolute atomic E-state index is 12.1. The molecule has 0 aliphatic heterocycles. The quantitative estimate of drug-likeness (QED) is 0.837. The van der Waals surface area contributed by atoms with E-state index in [-0.39, 0.29) is 29.9 Å². The van der Waals surface area contributed by atoms with Crippen LogP contribution in [0.1, 0.15) is 43.0 Å². The van der Waals surface area contributed by atoms with E-state index in [9.17, 15) is 9.59 Å². The Kier molecular flexibility index (Phi) is 5.84. The van der Waals surface area contributed by atoms with Crippen LogP contribution in [-0.4, -0.2) is 31.6 Å². The summed E-state index contributed by atoms with van der Waals surface area (Å²) in [6, 6.07) is 4.93. The maximum atomic E-state index is 12.1. The topological polar surface area (TPSA) is 90.7 Å². The van der Waals surface area contributed by atoms with E-state index in [1.165, 1.54) is 19.6 Å².